The van der Waals surface area contributed by atoms with Crippen LogP contribution in [0.4, 0.5) is 0 Å². The molecule has 1 fully saturated rings. The monoisotopic (exact) mass is 382 g/mol. The number of rotatable bonds is 6. The number of fused-ring (bicyclic) bond motifs is 1. The summed E-state index contributed by atoms with van der Waals surface area (Å²) in [5.74, 6) is 1.57. The molecule has 2 aromatic heterocycles. The molecule has 7 heteroatoms. The molecule has 0 radical (unpaired) electrons. The Bertz CT molecular complexity index is 1000. The molecule has 0 aliphatic carbocycles. The minimum atomic E-state index is -0.127. The average molecular weight is 382 g/mol. The maximum Gasteiger partial charge on any atom is 0.276 e. The third kappa shape index (κ3) is 3.62. The summed E-state index contributed by atoms with van der Waals surface area (Å²) in [5, 5.41) is 0. The predicted molar refractivity (Wildman–Crippen MR) is 108 cm³/mol. The fourth-order valence-electron chi connectivity index (χ4n) is 3.97. The van der Waals surface area contributed by atoms with Gasteiger partial charge >= 0.3 is 0 Å². The number of ether oxygens (including phenoxy) is 2. The van der Waals surface area contributed by atoms with Crippen LogP contribution >= 0.6 is 0 Å². The van der Waals surface area contributed by atoms with Crippen LogP contribution in [0.2, 0.25) is 0 Å². The van der Waals surface area contributed by atoms with E-state index >= 15 is 0 Å². The maximum absolute atomic E-state index is 11.9. The number of hydrogen-bond donors (Lipinski definition) is 1. The van der Waals surface area contributed by atoms with Gasteiger partial charge in [-0.1, -0.05) is 6.07 Å². The van der Waals surface area contributed by atoms with Gasteiger partial charge in [0.25, 0.3) is 5.56 Å². The summed E-state index contributed by atoms with van der Waals surface area (Å²) >= 11 is 0. The van der Waals surface area contributed by atoms with Gasteiger partial charge in [0, 0.05) is 31.9 Å². The Morgan fingerprint density at radius 1 is 1.21 bits per heavy atom. The highest BCUT2D eigenvalue weighted by Gasteiger charge is 2.22. The van der Waals surface area contributed by atoms with Gasteiger partial charge in [0.2, 0.25) is 0 Å². The number of nitrogens with zero attached hydrogens (tertiary/aromatic N) is 3. The highest BCUT2D eigenvalue weighted by atomic mass is 16.5. The largest absolute Gasteiger partial charge is 0.493 e. The van der Waals surface area contributed by atoms with Crippen LogP contribution in [0, 0.1) is 0 Å². The summed E-state index contributed by atoms with van der Waals surface area (Å²) in [4.78, 5) is 21.3. The lowest BCUT2D eigenvalue weighted by Crippen LogP contribution is -2.34. The number of piperidine rings is 1. The molecule has 1 aliphatic heterocycles. The zero-order chi connectivity index (χ0) is 19.5. The molecule has 3 heterocycles. The first-order chi connectivity index (χ1) is 13.7. The molecule has 1 saturated heterocycles. The van der Waals surface area contributed by atoms with Crippen molar-refractivity contribution in [3.63, 3.8) is 0 Å². The van der Waals surface area contributed by atoms with Crippen LogP contribution in [0.5, 0.6) is 11.5 Å². The van der Waals surface area contributed by atoms with Crippen LogP contribution in [0.15, 0.2) is 41.6 Å². The Balaban J connectivity index is 1.42. The Morgan fingerprint density at radius 2 is 2.04 bits per heavy atom. The lowest BCUT2D eigenvalue weighted by atomic mass is 10.0. The summed E-state index contributed by atoms with van der Waals surface area (Å²) in [6, 6.07) is 8.45. The summed E-state index contributed by atoms with van der Waals surface area (Å²) in [7, 11) is 1.66. The molecule has 0 spiro atoms. The zero-order valence-corrected chi connectivity index (χ0v) is 16.4. The number of hydrogen-bond acceptors (Lipinski definition) is 5. The van der Waals surface area contributed by atoms with Gasteiger partial charge in [0.05, 0.1) is 25.6 Å². The van der Waals surface area contributed by atoms with Crippen molar-refractivity contribution in [3.05, 3.63) is 52.7 Å². The quantitative estimate of drug-likeness (QED) is 0.710. The van der Waals surface area contributed by atoms with Crippen LogP contribution in [-0.4, -0.2) is 46.2 Å². The van der Waals surface area contributed by atoms with E-state index < -0.39 is 0 Å². The number of benzene rings is 1. The number of aromatic amines is 1. The molecule has 0 bridgehead atoms. The number of H-pyrrole nitrogens is 1. The zero-order valence-electron chi connectivity index (χ0n) is 16.4. The Labute approximate surface area is 163 Å². The normalized spacial score (nSPS) is 15.8. The van der Waals surface area contributed by atoms with Crippen molar-refractivity contribution in [2.75, 3.05) is 26.8 Å². The molecule has 28 heavy (non-hydrogen) atoms. The smallest absolute Gasteiger partial charge is 0.276 e. The summed E-state index contributed by atoms with van der Waals surface area (Å²) in [6.45, 7) is 5.49. The molecule has 1 aromatic carbocycles. The molecular weight excluding hydrogens is 356 g/mol. The van der Waals surface area contributed by atoms with Gasteiger partial charge < -0.3 is 19.0 Å². The van der Waals surface area contributed by atoms with Gasteiger partial charge in [-0.2, -0.15) is 0 Å². The van der Waals surface area contributed by atoms with Crippen molar-refractivity contribution >= 4 is 11.0 Å². The topological polar surface area (TPSA) is 72.4 Å². The van der Waals surface area contributed by atoms with Crippen molar-refractivity contribution in [1.82, 2.24) is 19.4 Å². The van der Waals surface area contributed by atoms with Crippen LogP contribution in [0.1, 0.15) is 31.4 Å². The number of imidazole rings is 1. The lowest BCUT2D eigenvalue weighted by molar-refractivity contribution is 0.181. The van der Waals surface area contributed by atoms with Crippen molar-refractivity contribution in [2.45, 2.75) is 32.4 Å². The second-order valence-electron chi connectivity index (χ2n) is 7.12. The van der Waals surface area contributed by atoms with Crippen LogP contribution < -0.4 is 15.0 Å². The van der Waals surface area contributed by atoms with E-state index in [0.29, 0.717) is 18.2 Å². The maximum atomic E-state index is 11.9. The lowest BCUT2D eigenvalue weighted by Gasteiger charge is -2.33. The highest BCUT2D eigenvalue weighted by molar-refractivity contribution is 5.73. The van der Waals surface area contributed by atoms with Crippen molar-refractivity contribution in [3.8, 4) is 11.5 Å². The second-order valence-corrected chi connectivity index (χ2v) is 7.12. The van der Waals surface area contributed by atoms with Crippen molar-refractivity contribution in [2.24, 2.45) is 0 Å². The van der Waals surface area contributed by atoms with Gasteiger partial charge in [-0.3, -0.25) is 9.69 Å². The summed E-state index contributed by atoms with van der Waals surface area (Å²) in [5.41, 5.74) is 2.53. The predicted octanol–water partition coefficient (Wildman–Crippen LogP) is 2.97. The van der Waals surface area contributed by atoms with E-state index in [1.54, 1.807) is 19.6 Å². The molecular formula is C21H26N4O3. The van der Waals surface area contributed by atoms with Crippen molar-refractivity contribution in [1.29, 1.82) is 0 Å². The number of nitrogens with one attached hydrogen (secondary N) is 1. The van der Waals surface area contributed by atoms with Crippen LogP contribution in [-0.2, 0) is 6.54 Å². The first-order valence-corrected chi connectivity index (χ1v) is 9.76. The van der Waals surface area contributed by atoms with Crippen molar-refractivity contribution < 1.29 is 9.47 Å². The van der Waals surface area contributed by atoms with E-state index in [0.717, 1.165) is 49.5 Å². The van der Waals surface area contributed by atoms with E-state index in [1.807, 2.05) is 19.1 Å². The molecule has 1 aliphatic rings. The number of aromatic nitrogens is 3. The average Bonchev–Trinajstić information content (AvgIpc) is 3.15. The van der Waals surface area contributed by atoms with Gasteiger partial charge in [0.15, 0.2) is 17.0 Å². The fraction of sp³-hybridized carbons (Fsp3) is 0.429. The van der Waals surface area contributed by atoms with Gasteiger partial charge in [0.1, 0.15) is 0 Å². The molecule has 0 atom stereocenters. The Morgan fingerprint density at radius 3 is 2.79 bits per heavy atom. The Hall–Kier alpha value is -2.80. The second kappa shape index (κ2) is 8.06. The number of likely N-dealkylation sites (tertiary alicyclic amines) is 1. The Kier molecular flexibility index (Phi) is 5.34. The first kappa shape index (κ1) is 18.6. The standard InChI is InChI=1S/C21H26N4O3/c1-3-28-19-12-15(4-5-18(19)27-2)13-24-10-7-16(8-11-24)25-14-23-20-17(25)6-9-22-21(20)26/h4-6,9,12,14,16H,3,7-8,10-11,13H2,1-2H3,(H,22,26). The molecule has 0 unspecified atom stereocenters. The summed E-state index contributed by atoms with van der Waals surface area (Å²) < 4.78 is 13.2. The van der Waals surface area contributed by atoms with Gasteiger partial charge in [-0.25, -0.2) is 4.98 Å². The number of pyridine rings is 1. The first-order valence-electron chi connectivity index (χ1n) is 9.76. The van der Waals surface area contributed by atoms with Gasteiger partial charge in [-0.05, 0) is 43.5 Å². The molecule has 0 amide bonds. The third-order valence-corrected chi connectivity index (χ3v) is 5.39. The van der Waals surface area contributed by atoms with E-state index in [9.17, 15) is 4.79 Å². The highest BCUT2D eigenvalue weighted by Crippen LogP contribution is 2.30. The minimum Gasteiger partial charge on any atom is -0.493 e. The fourth-order valence-corrected chi connectivity index (χ4v) is 3.97. The molecule has 7 nitrogen and oxygen atoms in total. The molecule has 1 N–H and O–H groups in total. The molecule has 3 aromatic rings. The minimum absolute atomic E-state index is 0.127. The van der Waals surface area contributed by atoms with Crippen LogP contribution in [0.25, 0.3) is 11.0 Å². The van der Waals surface area contributed by atoms with E-state index in [4.69, 9.17) is 9.47 Å². The van der Waals surface area contributed by atoms with Crippen LogP contribution in [0.3, 0.4) is 0 Å². The SMILES string of the molecule is CCOc1cc(CN2CCC(n3cnc4c(=O)[nH]ccc43)CC2)ccc1OC. The molecule has 4 rings (SSSR count). The molecule has 0 saturated carbocycles. The van der Waals surface area contributed by atoms with Gasteiger partial charge in [-0.15, -0.1) is 0 Å². The number of methoxy groups -OCH3 is 1. The van der Waals surface area contributed by atoms with E-state index in [1.165, 1.54) is 5.56 Å². The molecule has 148 valence electrons. The third-order valence-electron chi connectivity index (χ3n) is 5.39. The van der Waals surface area contributed by atoms with E-state index in [2.05, 4.69) is 31.6 Å². The summed E-state index contributed by atoms with van der Waals surface area (Å²) in [6.07, 6.45) is 5.56. The van der Waals surface area contributed by atoms with E-state index in [-0.39, 0.29) is 5.56 Å².